The number of primary amides is 1. The van der Waals surface area contributed by atoms with Crippen LogP contribution in [0.25, 0.3) is 11.1 Å². The average molecular weight is 542 g/mol. The third kappa shape index (κ3) is 5.54. The first kappa shape index (κ1) is 25.8. The van der Waals surface area contributed by atoms with E-state index in [1.807, 2.05) is 31.2 Å². The molecule has 2 amide bonds. The van der Waals surface area contributed by atoms with Crippen molar-refractivity contribution >= 4 is 21.7 Å². The largest absolute Gasteiger partial charge is 0.471 e. The van der Waals surface area contributed by atoms with E-state index in [0.717, 1.165) is 11.1 Å². The van der Waals surface area contributed by atoms with Crippen molar-refractivity contribution in [3.63, 3.8) is 0 Å². The van der Waals surface area contributed by atoms with Crippen LogP contribution in [0.15, 0.2) is 48.9 Å². The molecule has 2 aromatic heterocycles. The lowest BCUT2D eigenvalue weighted by atomic mass is 10.0. The number of alkyl halides is 1. The third-order valence-corrected chi connectivity index (χ3v) is 8.68. The van der Waals surface area contributed by atoms with Crippen molar-refractivity contribution in [1.29, 1.82) is 0 Å². The topological polar surface area (TPSA) is 137 Å². The number of nitrogens with two attached hydrogens (primary N) is 1. The summed E-state index contributed by atoms with van der Waals surface area (Å²) in [5.41, 5.74) is 8.69. The molecule has 0 saturated carbocycles. The Morgan fingerprint density at radius 1 is 1.16 bits per heavy atom. The summed E-state index contributed by atoms with van der Waals surface area (Å²) < 4.78 is 45.4. The van der Waals surface area contributed by atoms with Crippen molar-refractivity contribution in [2.75, 3.05) is 24.6 Å². The highest BCUT2D eigenvalue weighted by molar-refractivity contribution is 7.92. The number of rotatable bonds is 7. The van der Waals surface area contributed by atoms with Crippen LogP contribution in [0.1, 0.15) is 33.9 Å². The first-order valence-electron chi connectivity index (χ1n) is 12.3. The zero-order valence-electron chi connectivity index (χ0n) is 20.8. The number of amides is 2. The number of hydrogen-bond acceptors (Lipinski definition) is 7. The first-order chi connectivity index (χ1) is 18.1. The maximum absolute atomic E-state index is 15.1. The molecule has 2 fully saturated rings. The Morgan fingerprint density at radius 3 is 2.55 bits per heavy atom. The number of benzene rings is 1. The molecule has 200 valence electrons. The maximum atomic E-state index is 15.1. The third-order valence-electron chi connectivity index (χ3n) is 6.89. The highest BCUT2D eigenvalue weighted by Gasteiger charge is 2.36. The van der Waals surface area contributed by atoms with Crippen molar-refractivity contribution < 1.29 is 27.1 Å². The van der Waals surface area contributed by atoms with Crippen LogP contribution in [-0.2, 0) is 21.1 Å². The van der Waals surface area contributed by atoms with Crippen LogP contribution in [0.2, 0.25) is 0 Å². The van der Waals surface area contributed by atoms with Gasteiger partial charge in [0.15, 0.2) is 16.0 Å². The van der Waals surface area contributed by atoms with Gasteiger partial charge in [-0.05, 0) is 18.6 Å². The molecule has 5 rings (SSSR count). The Labute approximate surface area is 219 Å². The van der Waals surface area contributed by atoms with Crippen molar-refractivity contribution in [2.24, 2.45) is 5.73 Å². The fourth-order valence-corrected chi connectivity index (χ4v) is 6.02. The minimum atomic E-state index is -3.00. The van der Waals surface area contributed by atoms with E-state index in [1.54, 1.807) is 17.1 Å². The number of piperidine rings is 1. The summed E-state index contributed by atoms with van der Waals surface area (Å²) in [4.78, 5) is 30.6. The molecule has 4 heterocycles. The molecule has 2 aliphatic heterocycles. The second-order valence-electron chi connectivity index (χ2n) is 9.84. The summed E-state index contributed by atoms with van der Waals surface area (Å²) >= 11 is 0. The SMILES string of the molecule is Cc1ccc(CC(=O)N2CC[C@@H](Oc3ncc(-c4cnn(C5CS(=O)(=O)C5)c4)cc3C(N)=O)[C@@H](F)C2)cc1. The van der Waals surface area contributed by atoms with Gasteiger partial charge >= 0.3 is 0 Å². The quantitative estimate of drug-likeness (QED) is 0.482. The average Bonchev–Trinajstić information content (AvgIpc) is 3.35. The van der Waals surface area contributed by atoms with E-state index in [4.69, 9.17) is 10.5 Å². The Hall–Kier alpha value is -3.80. The minimum absolute atomic E-state index is 0.00783. The second-order valence-corrected chi connectivity index (χ2v) is 12.0. The number of carbonyl (C=O) groups excluding carboxylic acids is 2. The predicted octanol–water partition coefficient (Wildman–Crippen LogP) is 1.88. The molecule has 0 radical (unpaired) electrons. The van der Waals surface area contributed by atoms with Crippen LogP contribution in [0.5, 0.6) is 5.88 Å². The summed E-state index contributed by atoms with van der Waals surface area (Å²) in [6, 6.07) is 8.91. The molecule has 2 aliphatic rings. The molecule has 0 spiro atoms. The molecular weight excluding hydrogens is 513 g/mol. The van der Waals surface area contributed by atoms with Gasteiger partial charge in [-0.2, -0.15) is 5.10 Å². The number of hydrogen-bond donors (Lipinski definition) is 1. The smallest absolute Gasteiger partial charge is 0.254 e. The molecule has 12 heteroatoms. The molecule has 1 aromatic carbocycles. The van der Waals surface area contributed by atoms with Gasteiger partial charge in [0.05, 0.1) is 36.7 Å². The number of sulfone groups is 1. The number of halogens is 1. The Morgan fingerprint density at radius 2 is 1.89 bits per heavy atom. The van der Waals surface area contributed by atoms with Gasteiger partial charge in [0.1, 0.15) is 11.7 Å². The van der Waals surface area contributed by atoms with Crippen LogP contribution in [0.3, 0.4) is 0 Å². The highest BCUT2D eigenvalue weighted by atomic mass is 32.2. The fraction of sp³-hybridized carbons (Fsp3) is 0.385. The molecule has 2 atom stereocenters. The summed E-state index contributed by atoms with van der Waals surface area (Å²) in [6.45, 7) is 2.17. The second kappa shape index (κ2) is 10.2. The Balaban J connectivity index is 1.24. The van der Waals surface area contributed by atoms with Gasteiger partial charge in [-0.25, -0.2) is 17.8 Å². The van der Waals surface area contributed by atoms with E-state index < -0.39 is 28.0 Å². The summed E-state index contributed by atoms with van der Waals surface area (Å²) in [5.74, 6) is -0.951. The maximum Gasteiger partial charge on any atom is 0.254 e. The molecule has 0 bridgehead atoms. The predicted molar refractivity (Wildman–Crippen MR) is 137 cm³/mol. The zero-order chi connectivity index (χ0) is 27.0. The molecule has 10 nitrogen and oxygen atoms in total. The normalized spacial score (nSPS) is 21.1. The molecule has 3 aromatic rings. The fourth-order valence-electron chi connectivity index (χ4n) is 4.64. The molecule has 0 unspecified atom stereocenters. The lowest BCUT2D eigenvalue weighted by molar-refractivity contribution is -0.134. The molecule has 2 saturated heterocycles. The monoisotopic (exact) mass is 541 g/mol. The van der Waals surface area contributed by atoms with Gasteiger partial charge < -0.3 is 15.4 Å². The lowest BCUT2D eigenvalue weighted by Gasteiger charge is -2.34. The standard InChI is InChI=1S/C26H28FN5O5S/c1-16-2-4-17(5-3-16)8-24(33)31-7-6-23(22(27)13-31)37-26-21(25(28)34)9-18(10-29-26)19-11-30-32(12-19)20-14-38(35,36)15-20/h2-5,9-12,20,22-23H,6-8,13-15H2,1H3,(H2,28,34)/t22-,23+/m0/s1. The van der Waals surface area contributed by atoms with E-state index in [-0.39, 0.29) is 54.3 Å². The first-order valence-corrected chi connectivity index (χ1v) is 14.1. The number of pyridine rings is 1. The van der Waals surface area contributed by atoms with Crippen LogP contribution < -0.4 is 10.5 Å². The van der Waals surface area contributed by atoms with Crippen molar-refractivity contribution in [2.45, 2.75) is 38.1 Å². The van der Waals surface area contributed by atoms with E-state index in [1.165, 1.54) is 17.2 Å². The van der Waals surface area contributed by atoms with Gasteiger partial charge in [-0.1, -0.05) is 29.8 Å². The van der Waals surface area contributed by atoms with Crippen LogP contribution in [-0.4, -0.2) is 76.8 Å². The lowest BCUT2D eigenvalue weighted by Crippen LogP contribution is -2.49. The van der Waals surface area contributed by atoms with Crippen LogP contribution >= 0.6 is 0 Å². The van der Waals surface area contributed by atoms with Gasteiger partial charge in [0, 0.05) is 36.5 Å². The van der Waals surface area contributed by atoms with Crippen LogP contribution in [0.4, 0.5) is 4.39 Å². The summed E-state index contributed by atoms with van der Waals surface area (Å²) in [7, 11) is -3.00. The summed E-state index contributed by atoms with van der Waals surface area (Å²) in [5, 5.41) is 4.23. The van der Waals surface area contributed by atoms with Crippen molar-refractivity contribution in [3.05, 3.63) is 65.6 Å². The minimum Gasteiger partial charge on any atom is -0.471 e. The highest BCUT2D eigenvalue weighted by Crippen LogP contribution is 2.29. The number of aromatic nitrogens is 3. The number of likely N-dealkylation sites (tertiary alicyclic amines) is 1. The Kier molecular flexibility index (Phi) is 6.91. The summed E-state index contributed by atoms with van der Waals surface area (Å²) in [6.07, 6.45) is 2.77. The van der Waals surface area contributed by atoms with Crippen molar-refractivity contribution in [1.82, 2.24) is 19.7 Å². The van der Waals surface area contributed by atoms with Gasteiger partial charge in [-0.3, -0.25) is 14.3 Å². The van der Waals surface area contributed by atoms with Gasteiger partial charge in [0.25, 0.3) is 5.91 Å². The number of carbonyl (C=O) groups is 2. The van der Waals surface area contributed by atoms with Gasteiger partial charge in [0.2, 0.25) is 11.8 Å². The Bertz CT molecular complexity index is 1460. The molecular formula is C26H28FN5O5S. The molecule has 2 N–H and O–H groups in total. The number of aryl methyl sites for hydroxylation is 1. The van der Waals surface area contributed by atoms with E-state index in [2.05, 4.69) is 10.1 Å². The van der Waals surface area contributed by atoms with Gasteiger partial charge in [-0.15, -0.1) is 0 Å². The molecule has 38 heavy (non-hydrogen) atoms. The number of nitrogens with zero attached hydrogens (tertiary/aromatic N) is 4. The van der Waals surface area contributed by atoms with E-state index in [9.17, 15) is 18.0 Å². The van der Waals surface area contributed by atoms with E-state index >= 15 is 4.39 Å². The van der Waals surface area contributed by atoms with E-state index in [0.29, 0.717) is 17.7 Å². The van der Waals surface area contributed by atoms with Crippen molar-refractivity contribution in [3.8, 4) is 17.0 Å². The number of ether oxygens (including phenoxy) is 1. The zero-order valence-corrected chi connectivity index (χ0v) is 21.6. The van der Waals surface area contributed by atoms with Crippen LogP contribution in [0, 0.1) is 6.92 Å². The molecule has 0 aliphatic carbocycles.